The van der Waals surface area contributed by atoms with Crippen molar-refractivity contribution in [2.45, 2.75) is 6.92 Å². The molecule has 0 aromatic heterocycles. The van der Waals surface area contributed by atoms with Crippen molar-refractivity contribution in [3.05, 3.63) is 81.2 Å². The summed E-state index contributed by atoms with van der Waals surface area (Å²) in [6.07, 6.45) is 0. The van der Waals surface area contributed by atoms with E-state index in [1.165, 1.54) is 6.92 Å². The van der Waals surface area contributed by atoms with Crippen LogP contribution in [-0.2, 0) is 14.4 Å². The number of hydrogen-bond donors (Lipinski definition) is 0. The summed E-state index contributed by atoms with van der Waals surface area (Å²) in [5.41, 5.74) is 1.99. The van der Waals surface area contributed by atoms with Crippen LogP contribution in [0.4, 0.5) is 5.69 Å². The number of carbonyl (C=O) groups is 3. The Bertz CT molecular complexity index is 1510. The van der Waals surface area contributed by atoms with Gasteiger partial charge in [0.25, 0.3) is 5.91 Å². The summed E-state index contributed by atoms with van der Waals surface area (Å²) in [4.78, 5) is 39.8. The average molecular weight is 476 g/mol. The van der Waals surface area contributed by atoms with E-state index in [0.717, 1.165) is 4.90 Å². The van der Waals surface area contributed by atoms with Crippen LogP contribution in [0.2, 0.25) is 5.02 Å². The van der Waals surface area contributed by atoms with Gasteiger partial charge >= 0.3 is 5.97 Å². The number of fused-ring (bicyclic) bond motifs is 2. The molecule has 2 amide bonds. The maximum Gasteiger partial charge on any atom is 0.344 e. The summed E-state index contributed by atoms with van der Waals surface area (Å²) in [5.74, 6) is -0.142. The van der Waals surface area contributed by atoms with Gasteiger partial charge < -0.3 is 14.2 Å². The van der Waals surface area contributed by atoms with Crippen LogP contribution in [0, 0.1) is 0 Å². The van der Waals surface area contributed by atoms with Crippen molar-refractivity contribution in [2.75, 3.05) is 19.1 Å². The number of rotatable bonds is 4. The number of carbonyl (C=O) groups excluding carboxylic acids is 3. The molecule has 0 fully saturated rings. The molecule has 7 nitrogen and oxygen atoms in total. The van der Waals surface area contributed by atoms with Gasteiger partial charge in [-0.05, 0) is 41.5 Å². The Morgan fingerprint density at radius 1 is 0.882 bits per heavy atom. The number of halogens is 1. The van der Waals surface area contributed by atoms with Gasteiger partial charge in [0.05, 0.1) is 36.1 Å². The summed E-state index contributed by atoms with van der Waals surface area (Å²) in [6.45, 7) is 1.30. The maximum atomic E-state index is 13.4. The molecule has 170 valence electrons. The largest absolute Gasteiger partial charge is 0.497 e. The molecule has 34 heavy (non-hydrogen) atoms. The second-order valence-electron chi connectivity index (χ2n) is 7.72. The van der Waals surface area contributed by atoms with E-state index < -0.39 is 17.8 Å². The van der Waals surface area contributed by atoms with E-state index in [2.05, 4.69) is 0 Å². The van der Waals surface area contributed by atoms with Crippen LogP contribution < -0.4 is 29.5 Å². The Morgan fingerprint density at radius 2 is 1.41 bits per heavy atom. The molecule has 0 aliphatic carbocycles. The third-order valence-corrected chi connectivity index (χ3v) is 6.21. The highest BCUT2D eigenvalue weighted by Gasteiger charge is 2.38. The Labute approximate surface area is 199 Å². The minimum atomic E-state index is -0.572. The normalized spacial score (nSPS) is 14.2. The molecule has 2 aliphatic rings. The van der Waals surface area contributed by atoms with Crippen LogP contribution in [-0.4, -0.2) is 32.0 Å². The number of nitrogens with zero attached hydrogens (tertiary/aromatic N) is 1. The van der Waals surface area contributed by atoms with Crippen LogP contribution in [0.15, 0.2) is 54.6 Å². The Balaban J connectivity index is 1.83. The summed E-state index contributed by atoms with van der Waals surface area (Å²) in [6, 6.07) is 15.4. The fraction of sp³-hybridized carbons (Fsp3) is 0.115. The summed E-state index contributed by atoms with van der Waals surface area (Å²) < 4.78 is 15.9. The number of imide groups is 1. The Morgan fingerprint density at radius 3 is 1.91 bits per heavy atom. The van der Waals surface area contributed by atoms with Crippen LogP contribution in [0.3, 0.4) is 0 Å². The molecular formula is C26H18ClNO6. The smallest absolute Gasteiger partial charge is 0.344 e. The number of esters is 1. The van der Waals surface area contributed by atoms with Gasteiger partial charge in [0.15, 0.2) is 5.75 Å². The molecule has 0 N–H and O–H groups in total. The van der Waals surface area contributed by atoms with Crippen molar-refractivity contribution < 1.29 is 28.6 Å². The second kappa shape index (κ2) is 8.04. The minimum Gasteiger partial charge on any atom is -0.497 e. The predicted octanol–water partition coefficient (Wildman–Crippen LogP) is 2.57. The lowest BCUT2D eigenvalue weighted by Gasteiger charge is -2.14. The molecule has 8 heteroatoms. The lowest BCUT2D eigenvalue weighted by atomic mass is 10.0. The van der Waals surface area contributed by atoms with E-state index in [0.29, 0.717) is 38.8 Å². The molecule has 0 bridgehead atoms. The Hall–Kier alpha value is -4.10. The molecule has 2 heterocycles. The topological polar surface area (TPSA) is 82.1 Å². The van der Waals surface area contributed by atoms with Crippen LogP contribution in [0.5, 0.6) is 17.2 Å². The first-order chi connectivity index (χ1) is 16.3. The molecule has 3 aromatic rings. The molecule has 0 saturated carbocycles. The molecule has 0 spiro atoms. The first kappa shape index (κ1) is 21.7. The van der Waals surface area contributed by atoms with E-state index in [-0.39, 0.29) is 21.9 Å². The molecule has 3 aromatic carbocycles. The summed E-state index contributed by atoms with van der Waals surface area (Å²) >= 11 is 6.76. The third kappa shape index (κ3) is 3.16. The SMILES string of the molecule is COc1ccc(C2=c3cc4c(c(Cl)c3OC2=O)=C(c2ccc(OC)cc2)C(=O)N4C(C)=O)cc1. The van der Waals surface area contributed by atoms with Gasteiger partial charge in [0.1, 0.15) is 11.5 Å². The highest BCUT2D eigenvalue weighted by Crippen LogP contribution is 2.34. The highest BCUT2D eigenvalue weighted by atomic mass is 35.5. The molecule has 0 unspecified atom stereocenters. The van der Waals surface area contributed by atoms with E-state index in [9.17, 15) is 14.4 Å². The minimum absolute atomic E-state index is 0.0901. The van der Waals surface area contributed by atoms with Gasteiger partial charge in [0.2, 0.25) is 5.91 Å². The number of hydrogen-bond acceptors (Lipinski definition) is 6. The summed E-state index contributed by atoms with van der Waals surface area (Å²) in [5, 5.41) is 0.843. The van der Waals surface area contributed by atoms with Gasteiger partial charge in [0, 0.05) is 17.4 Å². The van der Waals surface area contributed by atoms with E-state index in [1.54, 1.807) is 68.8 Å². The Kier molecular flexibility index (Phi) is 5.14. The number of amides is 2. The van der Waals surface area contributed by atoms with Gasteiger partial charge in [-0.1, -0.05) is 35.9 Å². The molecule has 2 aliphatic heterocycles. The van der Waals surface area contributed by atoms with E-state index >= 15 is 0 Å². The maximum absolute atomic E-state index is 13.4. The lowest BCUT2D eigenvalue weighted by Crippen LogP contribution is -2.33. The zero-order valence-corrected chi connectivity index (χ0v) is 19.2. The van der Waals surface area contributed by atoms with Crippen molar-refractivity contribution in [1.82, 2.24) is 0 Å². The lowest BCUT2D eigenvalue weighted by molar-refractivity contribution is -0.127. The quantitative estimate of drug-likeness (QED) is 0.426. The molecule has 0 radical (unpaired) electrons. The average Bonchev–Trinajstić information content (AvgIpc) is 3.33. The zero-order chi connectivity index (χ0) is 24.1. The van der Waals surface area contributed by atoms with Gasteiger partial charge in [-0.15, -0.1) is 0 Å². The molecular weight excluding hydrogens is 458 g/mol. The third-order valence-electron chi connectivity index (χ3n) is 5.85. The van der Waals surface area contributed by atoms with Crippen LogP contribution >= 0.6 is 11.6 Å². The monoisotopic (exact) mass is 475 g/mol. The standard InChI is InChI=1S/C26H18ClNO6/c1-13(29)28-19-12-18-20(14-4-8-16(32-2)9-5-14)26(31)34-24(18)23(27)22(19)21(25(28)30)15-6-10-17(33-3)11-7-15/h4-12H,1-3H3. The van der Waals surface area contributed by atoms with Crippen molar-refractivity contribution in [3.63, 3.8) is 0 Å². The number of benzene rings is 3. The van der Waals surface area contributed by atoms with Crippen molar-refractivity contribution in [1.29, 1.82) is 0 Å². The number of methoxy groups -OCH3 is 2. The van der Waals surface area contributed by atoms with Crippen LogP contribution in [0.25, 0.3) is 11.1 Å². The fourth-order valence-corrected chi connectivity index (χ4v) is 4.60. The molecule has 5 rings (SSSR count). The first-order valence-corrected chi connectivity index (χ1v) is 10.7. The van der Waals surface area contributed by atoms with Gasteiger partial charge in [-0.25, -0.2) is 9.69 Å². The molecule has 0 atom stereocenters. The zero-order valence-electron chi connectivity index (χ0n) is 18.5. The van der Waals surface area contributed by atoms with Crippen molar-refractivity contribution >= 4 is 46.2 Å². The number of ether oxygens (including phenoxy) is 3. The predicted molar refractivity (Wildman–Crippen MR) is 126 cm³/mol. The first-order valence-electron chi connectivity index (χ1n) is 10.3. The van der Waals surface area contributed by atoms with E-state index in [1.807, 2.05) is 0 Å². The fourth-order valence-electron chi connectivity index (χ4n) is 4.27. The summed E-state index contributed by atoms with van der Waals surface area (Å²) in [7, 11) is 3.09. The van der Waals surface area contributed by atoms with Crippen LogP contribution in [0.1, 0.15) is 18.1 Å². The van der Waals surface area contributed by atoms with Gasteiger partial charge in [-0.3, -0.25) is 9.59 Å². The second-order valence-corrected chi connectivity index (χ2v) is 8.10. The van der Waals surface area contributed by atoms with E-state index in [4.69, 9.17) is 25.8 Å². The van der Waals surface area contributed by atoms with Crippen molar-refractivity contribution in [2.24, 2.45) is 0 Å². The highest BCUT2D eigenvalue weighted by molar-refractivity contribution is 6.41. The molecule has 0 saturated heterocycles. The number of anilines is 1. The van der Waals surface area contributed by atoms with Gasteiger partial charge in [-0.2, -0.15) is 0 Å². The van der Waals surface area contributed by atoms with Crippen molar-refractivity contribution in [3.8, 4) is 17.2 Å².